The molecule has 0 aromatic carbocycles. The van der Waals surface area contributed by atoms with E-state index in [0.717, 1.165) is 62.7 Å². The largest absolute Gasteiger partial charge is 0.488 e. The predicted octanol–water partition coefficient (Wildman–Crippen LogP) is 4.03. The molecule has 0 amide bonds. The van der Waals surface area contributed by atoms with Gasteiger partial charge in [0, 0.05) is 38.0 Å². The second-order valence-electron chi connectivity index (χ2n) is 9.86. The number of hydrogen-bond acceptors (Lipinski definition) is 8. The fraction of sp³-hybridized carbons (Fsp3) is 0.462. The molecule has 10 nitrogen and oxygen atoms in total. The van der Waals surface area contributed by atoms with Crippen LogP contribution in [0.5, 0.6) is 5.75 Å². The molecule has 2 saturated heterocycles. The van der Waals surface area contributed by atoms with Crippen molar-refractivity contribution >= 4 is 17.1 Å². The van der Waals surface area contributed by atoms with Gasteiger partial charge in [0.25, 0.3) is 0 Å². The molecule has 2 fully saturated rings. The molecule has 0 saturated carbocycles. The highest BCUT2D eigenvalue weighted by Gasteiger charge is 2.31. The summed E-state index contributed by atoms with van der Waals surface area (Å²) in [5, 5.41) is 13.7. The summed E-state index contributed by atoms with van der Waals surface area (Å²) in [4.78, 5) is 6.34. The maximum Gasteiger partial charge on any atom is 0.150 e. The zero-order valence-electron chi connectivity index (χ0n) is 21.6. The van der Waals surface area contributed by atoms with Crippen molar-refractivity contribution in [2.75, 3.05) is 40.0 Å². The Hall–Kier alpha value is -3.19. The molecule has 2 aliphatic rings. The summed E-state index contributed by atoms with van der Waals surface area (Å²) in [5.41, 5.74) is 2.87. The lowest BCUT2D eigenvalue weighted by atomic mass is 10.0. The van der Waals surface area contributed by atoms with Crippen LogP contribution in [0.2, 0.25) is 5.02 Å². The first-order valence-electron chi connectivity index (χ1n) is 12.8. The van der Waals surface area contributed by atoms with Crippen molar-refractivity contribution in [3.05, 3.63) is 58.8 Å². The number of hydrogen-bond donors (Lipinski definition) is 0. The van der Waals surface area contributed by atoms with Gasteiger partial charge in [-0.25, -0.2) is 18.0 Å². The molecule has 4 aromatic rings. The van der Waals surface area contributed by atoms with E-state index in [2.05, 4.69) is 25.3 Å². The number of fused-ring (bicyclic) bond motifs is 1. The number of pyridine rings is 2. The number of likely N-dealkylation sites (tertiary alicyclic amines) is 1. The second-order valence-corrected chi connectivity index (χ2v) is 10.3. The summed E-state index contributed by atoms with van der Waals surface area (Å²) in [7, 11) is 1.41. The fourth-order valence-electron chi connectivity index (χ4n) is 5.26. The molecule has 2 aliphatic heterocycles. The third-order valence-electron chi connectivity index (χ3n) is 7.53. The monoisotopic (exact) mass is 559 g/mol. The number of piperidine rings is 1. The van der Waals surface area contributed by atoms with Gasteiger partial charge in [-0.05, 0) is 25.8 Å². The topological polar surface area (TPSA) is 91.8 Å². The van der Waals surface area contributed by atoms with Gasteiger partial charge < -0.3 is 14.2 Å². The predicted molar refractivity (Wildman–Crippen MR) is 138 cm³/mol. The van der Waals surface area contributed by atoms with Crippen molar-refractivity contribution < 1.29 is 23.0 Å². The van der Waals surface area contributed by atoms with E-state index in [0.29, 0.717) is 28.0 Å². The molecule has 6 heterocycles. The third-order valence-corrected chi connectivity index (χ3v) is 7.81. The molecular weight excluding hydrogens is 532 g/mol. The third kappa shape index (κ3) is 4.97. The van der Waals surface area contributed by atoms with Crippen LogP contribution in [0.4, 0.5) is 8.78 Å². The Kier molecular flexibility index (Phi) is 7.19. The summed E-state index contributed by atoms with van der Waals surface area (Å²) in [6, 6.07) is 3.38. The minimum Gasteiger partial charge on any atom is -0.488 e. The van der Waals surface area contributed by atoms with Gasteiger partial charge in [-0.1, -0.05) is 16.8 Å². The second kappa shape index (κ2) is 10.8. The number of aromatic nitrogens is 6. The SMILES string of the molecule is CO[C@@H](COc1cc(-c2nnn(C3CCN(C4COC4)CC3)c2C)cn2ncc(Cl)c12)c1ncc(F)cc1F. The van der Waals surface area contributed by atoms with Gasteiger partial charge in [-0.3, -0.25) is 9.88 Å². The van der Waals surface area contributed by atoms with Crippen LogP contribution in [0, 0.1) is 18.6 Å². The van der Waals surface area contributed by atoms with E-state index in [1.807, 2.05) is 23.9 Å². The van der Waals surface area contributed by atoms with Gasteiger partial charge >= 0.3 is 0 Å². The summed E-state index contributed by atoms with van der Waals surface area (Å²) >= 11 is 6.42. The van der Waals surface area contributed by atoms with Crippen LogP contribution in [-0.4, -0.2) is 80.6 Å². The van der Waals surface area contributed by atoms with Crippen molar-refractivity contribution in [1.29, 1.82) is 0 Å². The van der Waals surface area contributed by atoms with Gasteiger partial charge in [0.05, 0.1) is 48.4 Å². The molecule has 0 bridgehead atoms. The van der Waals surface area contributed by atoms with Crippen molar-refractivity contribution in [3.8, 4) is 17.0 Å². The smallest absolute Gasteiger partial charge is 0.150 e. The van der Waals surface area contributed by atoms with E-state index >= 15 is 0 Å². The van der Waals surface area contributed by atoms with Crippen molar-refractivity contribution in [3.63, 3.8) is 0 Å². The van der Waals surface area contributed by atoms with E-state index in [1.165, 1.54) is 13.3 Å². The fourth-order valence-corrected chi connectivity index (χ4v) is 5.48. The van der Waals surface area contributed by atoms with Crippen LogP contribution in [0.25, 0.3) is 16.8 Å². The summed E-state index contributed by atoms with van der Waals surface area (Å²) in [6.45, 7) is 5.57. The first-order valence-corrected chi connectivity index (χ1v) is 13.2. The minimum atomic E-state index is -0.879. The molecule has 13 heteroatoms. The molecule has 0 N–H and O–H groups in total. The lowest BCUT2D eigenvalue weighted by Gasteiger charge is -2.41. The van der Waals surface area contributed by atoms with Crippen molar-refractivity contribution in [2.45, 2.75) is 38.0 Å². The number of methoxy groups -OCH3 is 1. The Balaban J connectivity index is 1.25. The summed E-state index contributed by atoms with van der Waals surface area (Å²) in [5.74, 6) is -1.18. The summed E-state index contributed by atoms with van der Waals surface area (Å²) in [6.07, 6.45) is 5.39. The molecule has 0 aliphatic carbocycles. The van der Waals surface area contributed by atoms with Gasteiger partial charge in [0.2, 0.25) is 0 Å². The summed E-state index contributed by atoms with van der Waals surface area (Å²) < 4.78 is 48.2. The molecule has 0 unspecified atom stereocenters. The normalized spacial score (nSPS) is 18.0. The number of ether oxygens (including phenoxy) is 3. The molecule has 4 aromatic heterocycles. The van der Waals surface area contributed by atoms with Crippen LogP contribution in [-0.2, 0) is 9.47 Å². The highest BCUT2D eigenvalue weighted by Crippen LogP contribution is 2.35. The first-order chi connectivity index (χ1) is 18.9. The zero-order valence-corrected chi connectivity index (χ0v) is 22.3. The maximum atomic E-state index is 14.3. The lowest BCUT2D eigenvalue weighted by molar-refractivity contribution is -0.0735. The van der Waals surface area contributed by atoms with Gasteiger partial charge in [0.1, 0.15) is 47.0 Å². The number of nitrogens with zero attached hydrogens (tertiary/aromatic N) is 7. The van der Waals surface area contributed by atoms with Crippen LogP contribution in [0.15, 0.2) is 30.7 Å². The number of halogens is 3. The minimum absolute atomic E-state index is 0.0552. The Morgan fingerprint density at radius 3 is 2.64 bits per heavy atom. The molecule has 0 radical (unpaired) electrons. The highest BCUT2D eigenvalue weighted by atomic mass is 35.5. The Bertz CT molecular complexity index is 1480. The zero-order chi connectivity index (χ0) is 27.1. The van der Waals surface area contributed by atoms with E-state index in [9.17, 15) is 8.78 Å². The maximum absolute atomic E-state index is 14.3. The van der Waals surface area contributed by atoms with Crippen LogP contribution >= 0.6 is 11.6 Å². The molecular formula is C26H28ClF2N7O3. The van der Waals surface area contributed by atoms with Crippen LogP contribution in [0.3, 0.4) is 0 Å². The lowest BCUT2D eigenvalue weighted by Crippen LogP contribution is -2.52. The molecule has 206 valence electrons. The van der Waals surface area contributed by atoms with E-state index in [4.69, 9.17) is 25.8 Å². The standard InChI is InChI=1S/C26H28ClF2N7O3/c1-15-24(32-33-36(15)18-3-5-34(6-4-18)19-12-38-13-19)16-7-22(26-20(27)10-31-35(26)11-16)39-14-23(37-2)25-21(29)8-17(28)9-30-25/h7-11,18-19,23H,3-6,12-14H2,1-2H3/t23-/m0/s1. The van der Waals surface area contributed by atoms with Crippen molar-refractivity contribution in [1.82, 2.24) is 34.5 Å². The van der Waals surface area contributed by atoms with Crippen LogP contribution in [0.1, 0.15) is 36.4 Å². The van der Waals surface area contributed by atoms with E-state index < -0.39 is 17.7 Å². The Morgan fingerprint density at radius 2 is 1.95 bits per heavy atom. The van der Waals surface area contributed by atoms with Gasteiger partial charge in [0.15, 0.2) is 0 Å². The Morgan fingerprint density at radius 1 is 1.15 bits per heavy atom. The highest BCUT2D eigenvalue weighted by molar-refractivity contribution is 6.34. The van der Waals surface area contributed by atoms with Crippen LogP contribution < -0.4 is 4.74 Å². The van der Waals surface area contributed by atoms with E-state index in [-0.39, 0.29) is 18.3 Å². The average Bonchev–Trinajstić information content (AvgIpc) is 3.47. The van der Waals surface area contributed by atoms with Crippen molar-refractivity contribution in [2.24, 2.45) is 0 Å². The molecule has 0 spiro atoms. The number of rotatable bonds is 8. The van der Waals surface area contributed by atoms with E-state index in [1.54, 1.807) is 4.52 Å². The quantitative estimate of drug-likeness (QED) is 0.320. The Labute approximate surface area is 228 Å². The molecule has 1 atom stereocenters. The molecule has 6 rings (SSSR count). The van der Waals surface area contributed by atoms with Gasteiger partial charge in [-0.15, -0.1) is 5.10 Å². The first kappa shape index (κ1) is 26.1. The van der Waals surface area contributed by atoms with Gasteiger partial charge in [-0.2, -0.15) is 5.10 Å². The molecule has 39 heavy (non-hydrogen) atoms. The average molecular weight is 560 g/mol.